The van der Waals surface area contributed by atoms with Gasteiger partial charge in [0.15, 0.2) is 0 Å². The van der Waals surface area contributed by atoms with Gasteiger partial charge in [0, 0.05) is 0 Å². The Kier molecular flexibility index (Phi) is 7.23. The maximum atomic E-state index is 2.91. The summed E-state index contributed by atoms with van der Waals surface area (Å²) in [5.74, 6) is 0. The van der Waals surface area contributed by atoms with Crippen LogP contribution in [0.25, 0.3) is 0 Å². The quantitative estimate of drug-likeness (QED) is 0.413. The van der Waals surface area contributed by atoms with Gasteiger partial charge in [-0.15, -0.1) is 0 Å². The molecule has 2 nitrogen and oxygen atoms in total. The Morgan fingerprint density at radius 3 is 1.38 bits per heavy atom. The monoisotopic (exact) mass is 502 g/mol. The van der Waals surface area contributed by atoms with Crippen LogP contribution in [0.3, 0.4) is 0 Å². The zero-order chi connectivity index (χ0) is 20.5. The average Bonchev–Trinajstić information content (AvgIpc) is 3.40. The van der Waals surface area contributed by atoms with E-state index in [1.165, 1.54) is 77.5 Å². The number of nitrogens with zero attached hydrogens (tertiary/aromatic N) is 2. The third kappa shape index (κ3) is 4.70. The van der Waals surface area contributed by atoms with Crippen molar-refractivity contribution in [1.29, 1.82) is 0 Å². The summed E-state index contributed by atoms with van der Waals surface area (Å²) in [6, 6.07) is 0. The van der Waals surface area contributed by atoms with E-state index >= 15 is 0 Å². The first-order chi connectivity index (χ1) is 13.9. The van der Waals surface area contributed by atoms with Gasteiger partial charge in [0.05, 0.1) is 0 Å². The van der Waals surface area contributed by atoms with Crippen LogP contribution in [0.5, 0.6) is 0 Å². The van der Waals surface area contributed by atoms with Crippen LogP contribution in [0.1, 0.15) is 51.4 Å². The van der Waals surface area contributed by atoms with Crippen molar-refractivity contribution in [1.82, 2.24) is 9.13 Å². The van der Waals surface area contributed by atoms with Gasteiger partial charge in [-0.2, -0.15) is 0 Å². The molecular formula is C24H40N2Si2Zr. The molecule has 0 aromatic carbocycles. The summed E-state index contributed by atoms with van der Waals surface area (Å²) in [6.45, 7) is 15.9. The van der Waals surface area contributed by atoms with Gasteiger partial charge >= 0.3 is 194 Å². The first kappa shape index (κ1) is 22.4. The number of hydrogen-bond acceptors (Lipinski definition) is 2. The summed E-state index contributed by atoms with van der Waals surface area (Å²) in [5, 5.41) is 3.67. The van der Waals surface area contributed by atoms with Crippen molar-refractivity contribution in [2.75, 3.05) is 26.2 Å². The number of piperidine rings is 2. The molecule has 0 amide bonds. The second-order valence-corrected chi connectivity index (χ2v) is 22.5. The topological polar surface area (TPSA) is 6.48 Å². The molecule has 0 N–H and O–H groups in total. The van der Waals surface area contributed by atoms with Gasteiger partial charge in [-0.1, -0.05) is 0 Å². The molecule has 2 saturated heterocycles. The molecule has 0 unspecified atom stereocenters. The SMILES string of the molecule is C[Si](C)(C1=[C]([Zr][C]2=C([Si](C)(C)N3CCCCC3)C=CC2)CC=C1)N1CCCCC1. The fourth-order valence-electron chi connectivity index (χ4n) is 5.82. The maximum absolute atomic E-state index is 2.91. The number of hydrogen-bond donors (Lipinski definition) is 0. The molecule has 0 bridgehead atoms. The molecule has 2 aliphatic carbocycles. The molecule has 0 saturated carbocycles. The third-order valence-electron chi connectivity index (χ3n) is 7.78. The molecule has 2 heterocycles. The van der Waals surface area contributed by atoms with E-state index in [1.54, 1.807) is 0 Å². The van der Waals surface area contributed by atoms with E-state index in [4.69, 9.17) is 0 Å². The van der Waals surface area contributed by atoms with E-state index < -0.39 is 39.7 Å². The molecule has 2 aliphatic heterocycles. The Hall–Kier alpha value is 0.197. The second kappa shape index (κ2) is 9.36. The summed E-state index contributed by atoms with van der Waals surface area (Å²) in [6.07, 6.45) is 21.2. The van der Waals surface area contributed by atoms with E-state index in [1.807, 2.05) is 17.0 Å². The van der Waals surface area contributed by atoms with Crippen molar-refractivity contribution in [3.05, 3.63) is 41.3 Å². The van der Waals surface area contributed by atoms with Crippen LogP contribution in [0.15, 0.2) is 41.3 Å². The molecule has 0 spiro atoms. The van der Waals surface area contributed by atoms with E-state index in [-0.39, 0.29) is 0 Å². The summed E-state index contributed by atoms with van der Waals surface area (Å²) < 4.78 is 9.68. The molecule has 158 valence electrons. The van der Waals surface area contributed by atoms with Crippen LogP contribution in [0.2, 0.25) is 26.2 Å². The zero-order valence-corrected chi connectivity index (χ0v) is 23.6. The Bertz CT molecular complexity index is 674. The third-order valence-corrected chi connectivity index (χ3v) is 20.4. The molecule has 0 aromatic heterocycles. The van der Waals surface area contributed by atoms with E-state index in [0.717, 1.165) is 0 Å². The molecule has 0 aromatic rings. The van der Waals surface area contributed by atoms with Crippen LogP contribution >= 0.6 is 0 Å². The predicted molar refractivity (Wildman–Crippen MR) is 127 cm³/mol. The normalized spacial score (nSPS) is 24.8. The van der Waals surface area contributed by atoms with Crippen molar-refractivity contribution in [3.63, 3.8) is 0 Å². The fraction of sp³-hybridized carbons (Fsp3) is 0.667. The van der Waals surface area contributed by atoms with Gasteiger partial charge < -0.3 is 0 Å². The van der Waals surface area contributed by atoms with Crippen molar-refractivity contribution < 1.29 is 23.2 Å². The van der Waals surface area contributed by atoms with Crippen LogP contribution in [-0.2, 0) is 23.2 Å². The second-order valence-electron chi connectivity index (χ2n) is 10.3. The van der Waals surface area contributed by atoms with Crippen LogP contribution < -0.4 is 0 Å². The Morgan fingerprint density at radius 1 is 0.621 bits per heavy atom. The van der Waals surface area contributed by atoms with Crippen molar-refractivity contribution in [3.8, 4) is 0 Å². The fourth-order valence-corrected chi connectivity index (χ4v) is 20.4. The minimum absolute atomic E-state index is 0.657. The van der Waals surface area contributed by atoms with Gasteiger partial charge in [0.1, 0.15) is 0 Å². The van der Waals surface area contributed by atoms with Crippen molar-refractivity contribution in [2.45, 2.75) is 77.6 Å². The zero-order valence-electron chi connectivity index (χ0n) is 19.2. The Balaban J connectivity index is 1.58. The molecule has 2 fully saturated rings. The van der Waals surface area contributed by atoms with E-state index in [2.05, 4.69) is 59.6 Å². The van der Waals surface area contributed by atoms with Crippen molar-refractivity contribution >= 4 is 16.5 Å². The Labute approximate surface area is 192 Å². The average molecular weight is 504 g/mol. The Morgan fingerprint density at radius 2 is 1.00 bits per heavy atom. The first-order valence-corrected chi connectivity index (χ1v) is 20.3. The number of allylic oxidation sites excluding steroid dienone is 8. The van der Waals surface area contributed by atoms with Gasteiger partial charge in [0.25, 0.3) is 0 Å². The van der Waals surface area contributed by atoms with Crippen LogP contribution in [0.4, 0.5) is 0 Å². The molecule has 4 aliphatic rings. The first-order valence-electron chi connectivity index (χ1n) is 12.0. The van der Waals surface area contributed by atoms with Gasteiger partial charge in [-0.25, -0.2) is 0 Å². The van der Waals surface area contributed by atoms with E-state index in [9.17, 15) is 0 Å². The van der Waals surface area contributed by atoms with Gasteiger partial charge in [-0.05, 0) is 0 Å². The summed E-state index contributed by atoms with van der Waals surface area (Å²) in [5.41, 5.74) is 0. The molecule has 0 radical (unpaired) electrons. The predicted octanol–water partition coefficient (Wildman–Crippen LogP) is 5.96. The van der Waals surface area contributed by atoms with Crippen LogP contribution in [0, 0.1) is 0 Å². The summed E-state index contributed by atoms with van der Waals surface area (Å²) >= 11 is -0.657. The molecule has 4 rings (SSSR count). The van der Waals surface area contributed by atoms with Crippen molar-refractivity contribution in [2.24, 2.45) is 0 Å². The molecular weight excluding hydrogens is 464 g/mol. The molecule has 5 heteroatoms. The molecule has 29 heavy (non-hydrogen) atoms. The minimum atomic E-state index is -1.48. The molecule has 0 atom stereocenters. The summed E-state index contributed by atoms with van der Waals surface area (Å²) in [7, 11) is -2.96. The summed E-state index contributed by atoms with van der Waals surface area (Å²) in [4.78, 5) is 0. The number of rotatable bonds is 6. The van der Waals surface area contributed by atoms with E-state index in [0.29, 0.717) is 0 Å². The standard InChI is InChI=1S/2C12H20NSi.Zr/c2*1-14(2,12-8-4-5-9-12)13-10-6-3-7-11-13;/h2*4,8H,3,5-7,10-11H2,1-2H3;. The van der Waals surface area contributed by atoms with Gasteiger partial charge in [-0.3, -0.25) is 0 Å². The van der Waals surface area contributed by atoms with Crippen LogP contribution in [-0.4, -0.2) is 51.8 Å². The van der Waals surface area contributed by atoms with Gasteiger partial charge in [0.2, 0.25) is 0 Å².